The maximum absolute atomic E-state index is 15.7. The second-order valence-corrected chi connectivity index (χ2v) is 15.0. The molecule has 4 fully saturated rings. The van der Waals surface area contributed by atoms with Crippen LogP contribution in [0.15, 0.2) is 41.5 Å². The highest BCUT2D eigenvalue weighted by atomic mass is 35.5. The van der Waals surface area contributed by atoms with Gasteiger partial charge in [-0.1, -0.05) is 43.6 Å². The number of aromatic carboxylic acids is 1. The fourth-order valence-electron chi connectivity index (χ4n) is 7.72. The van der Waals surface area contributed by atoms with Gasteiger partial charge in [-0.25, -0.2) is 14.7 Å². The number of carboxylic acids is 1. The lowest BCUT2D eigenvalue weighted by Crippen LogP contribution is -2.68. The molecular formula is C36H38ClFN6O7. The number of benzene rings is 3. The lowest BCUT2D eigenvalue weighted by molar-refractivity contribution is -0.307. The van der Waals surface area contributed by atoms with Gasteiger partial charge in [-0.2, -0.15) is 5.11 Å². The van der Waals surface area contributed by atoms with E-state index in [-0.39, 0.29) is 58.2 Å². The molecule has 268 valence electrons. The lowest BCUT2D eigenvalue weighted by Gasteiger charge is -2.54. The quantitative estimate of drug-likeness (QED) is 0.244. The van der Waals surface area contributed by atoms with E-state index in [9.17, 15) is 14.7 Å². The van der Waals surface area contributed by atoms with Crippen LogP contribution in [0.25, 0.3) is 11.1 Å². The van der Waals surface area contributed by atoms with Crippen LogP contribution >= 0.6 is 11.6 Å². The predicted molar refractivity (Wildman–Crippen MR) is 186 cm³/mol. The number of para-hydroxylation sites is 1. The summed E-state index contributed by atoms with van der Waals surface area (Å²) < 4.78 is 39.6. The highest BCUT2D eigenvalue weighted by Gasteiger charge is 2.51. The number of ether oxygens (including phenoxy) is 4. The molecule has 2 bridgehead atoms. The van der Waals surface area contributed by atoms with Crippen LogP contribution in [0.5, 0.6) is 5.75 Å². The van der Waals surface area contributed by atoms with Crippen molar-refractivity contribution in [2.24, 2.45) is 10.5 Å². The van der Waals surface area contributed by atoms with Crippen molar-refractivity contribution in [2.75, 3.05) is 68.4 Å². The summed E-state index contributed by atoms with van der Waals surface area (Å²) in [5.74, 6) is -2.72. The number of hydrogen-bond acceptors (Lipinski definition) is 11. The minimum absolute atomic E-state index is 0.0282. The molecule has 51 heavy (non-hydrogen) atoms. The van der Waals surface area contributed by atoms with E-state index in [0.717, 1.165) is 12.5 Å². The van der Waals surface area contributed by atoms with Crippen molar-refractivity contribution in [3.05, 3.63) is 63.9 Å². The summed E-state index contributed by atoms with van der Waals surface area (Å²) in [6, 6.07) is 9.63. The van der Waals surface area contributed by atoms with E-state index in [1.54, 1.807) is 37.4 Å². The average molecular weight is 721 g/mol. The second kappa shape index (κ2) is 12.3. The number of carbonyl (C=O) groups excluding carboxylic acids is 1. The molecule has 2 atom stereocenters. The van der Waals surface area contributed by atoms with Crippen LogP contribution in [0.2, 0.25) is 5.02 Å². The standard InChI is InChI=1S/C36H38ClFN6O7/c1-35(2)16-50-36(51-17-35)14-43(15-36)28-10-25(37)29(31(41-39)30(28)40-3)33(45)42-11-19-5-4-6-22(32(19)49-18-42)23-9-27(24(34(46)47)8-26(23)38)44-20-7-21(44)13-48-12-20/h4-6,8-10,20-21,39-40H,7,11-18H2,1-3H3,(H,46,47). The zero-order valence-corrected chi connectivity index (χ0v) is 29.2. The molecule has 3 aromatic carbocycles. The first kappa shape index (κ1) is 33.6. The second-order valence-electron chi connectivity index (χ2n) is 14.6. The zero-order chi connectivity index (χ0) is 35.8. The molecule has 2 unspecified atom stereocenters. The SMILES string of the molecule is CNc1c(N2CC3(C2)OCC(C)(C)CO3)cc(Cl)c(C(=O)N2COc3c(cccc3-c3cc(N4C5COCC4C5)c(C(=O)O)cc3F)C2)c1N=N. The van der Waals surface area contributed by atoms with Crippen LogP contribution in [0, 0.1) is 16.8 Å². The Morgan fingerprint density at radius 1 is 1.08 bits per heavy atom. The Hall–Kier alpha value is -4.50. The molecule has 0 radical (unpaired) electrons. The van der Waals surface area contributed by atoms with Crippen molar-refractivity contribution in [1.82, 2.24) is 4.90 Å². The average Bonchev–Trinajstić information content (AvgIpc) is 3.10. The molecule has 1 spiro atoms. The molecule has 13 nitrogen and oxygen atoms in total. The largest absolute Gasteiger partial charge is 0.478 e. The van der Waals surface area contributed by atoms with Crippen LogP contribution in [-0.4, -0.2) is 93.0 Å². The Morgan fingerprint density at radius 3 is 2.45 bits per heavy atom. The van der Waals surface area contributed by atoms with Gasteiger partial charge in [0.2, 0.25) is 5.79 Å². The molecule has 0 aliphatic carbocycles. The summed E-state index contributed by atoms with van der Waals surface area (Å²) in [6.07, 6.45) is 0.888. The number of fused-ring (bicyclic) bond motifs is 3. The number of carboxylic acid groups (broad SMARTS) is 1. The van der Waals surface area contributed by atoms with Crippen LogP contribution < -0.4 is 19.9 Å². The van der Waals surface area contributed by atoms with E-state index in [4.69, 9.17) is 36.1 Å². The predicted octanol–water partition coefficient (Wildman–Crippen LogP) is 6.11. The molecule has 4 saturated heterocycles. The van der Waals surface area contributed by atoms with E-state index in [1.807, 2.05) is 9.80 Å². The number of carbonyl (C=O) groups is 2. The third-order valence-corrected chi connectivity index (χ3v) is 10.7. The third-order valence-electron chi connectivity index (χ3n) is 10.4. The van der Waals surface area contributed by atoms with Gasteiger partial charge in [-0.3, -0.25) is 4.79 Å². The smallest absolute Gasteiger partial charge is 0.337 e. The summed E-state index contributed by atoms with van der Waals surface area (Å²) in [6.45, 7) is 7.12. The molecule has 5 aliphatic rings. The Balaban J connectivity index is 1.07. The number of anilines is 3. The van der Waals surface area contributed by atoms with Gasteiger partial charge < -0.3 is 44.1 Å². The summed E-state index contributed by atoms with van der Waals surface area (Å²) in [7, 11) is 1.69. The van der Waals surface area contributed by atoms with Gasteiger partial charge >= 0.3 is 5.97 Å². The van der Waals surface area contributed by atoms with Gasteiger partial charge in [0.05, 0.1) is 91.4 Å². The van der Waals surface area contributed by atoms with Crippen LogP contribution in [0.1, 0.15) is 46.5 Å². The number of morpholine rings is 1. The zero-order valence-electron chi connectivity index (χ0n) is 28.4. The van der Waals surface area contributed by atoms with Gasteiger partial charge in [-0.15, -0.1) is 0 Å². The van der Waals surface area contributed by atoms with Gasteiger partial charge in [0, 0.05) is 29.2 Å². The highest BCUT2D eigenvalue weighted by molar-refractivity contribution is 6.35. The van der Waals surface area contributed by atoms with Crippen molar-refractivity contribution in [3.8, 4) is 16.9 Å². The molecule has 5 heterocycles. The van der Waals surface area contributed by atoms with Crippen molar-refractivity contribution in [3.63, 3.8) is 0 Å². The van der Waals surface area contributed by atoms with Crippen molar-refractivity contribution in [2.45, 2.75) is 44.7 Å². The summed E-state index contributed by atoms with van der Waals surface area (Å²) >= 11 is 6.80. The van der Waals surface area contributed by atoms with Crippen LogP contribution in [-0.2, 0) is 20.8 Å². The van der Waals surface area contributed by atoms with E-state index in [0.29, 0.717) is 73.5 Å². The molecule has 0 aromatic heterocycles. The maximum Gasteiger partial charge on any atom is 0.337 e. The number of nitrogens with zero attached hydrogens (tertiary/aromatic N) is 4. The molecule has 15 heteroatoms. The van der Waals surface area contributed by atoms with Gasteiger partial charge in [0.1, 0.15) is 17.3 Å². The van der Waals surface area contributed by atoms with E-state index in [1.165, 1.54) is 4.90 Å². The number of rotatable bonds is 7. The number of hydrogen-bond donors (Lipinski definition) is 3. The first-order chi connectivity index (χ1) is 24.4. The Morgan fingerprint density at radius 2 is 1.80 bits per heavy atom. The fourth-order valence-corrected chi connectivity index (χ4v) is 7.99. The van der Waals surface area contributed by atoms with E-state index >= 15 is 4.39 Å². The van der Waals surface area contributed by atoms with Crippen LogP contribution in [0.4, 0.5) is 27.1 Å². The first-order valence-corrected chi connectivity index (χ1v) is 17.2. The number of nitrogens with one attached hydrogen (secondary N) is 2. The van der Waals surface area contributed by atoms with Gasteiger partial charge in [-0.05, 0) is 24.6 Å². The highest BCUT2D eigenvalue weighted by Crippen LogP contribution is 2.48. The third kappa shape index (κ3) is 5.55. The number of halogens is 2. The van der Waals surface area contributed by atoms with Gasteiger partial charge in [0.25, 0.3) is 5.91 Å². The van der Waals surface area contributed by atoms with Crippen molar-refractivity contribution >= 4 is 46.2 Å². The fraction of sp³-hybridized carbons (Fsp3) is 0.444. The topological polar surface area (TPSA) is 149 Å². The summed E-state index contributed by atoms with van der Waals surface area (Å²) in [5, 5.41) is 16.9. The van der Waals surface area contributed by atoms with E-state index in [2.05, 4.69) is 24.3 Å². The first-order valence-electron chi connectivity index (χ1n) is 16.8. The molecule has 5 aliphatic heterocycles. The molecular weight excluding hydrogens is 683 g/mol. The lowest BCUT2D eigenvalue weighted by atomic mass is 9.88. The van der Waals surface area contributed by atoms with Crippen LogP contribution in [0.3, 0.4) is 0 Å². The summed E-state index contributed by atoms with van der Waals surface area (Å²) in [5.41, 5.74) is 10.9. The molecule has 3 aromatic rings. The number of amides is 1. The van der Waals surface area contributed by atoms with Gasteiger partial charge in [0.15, 0.2) is 6.73 Å². The molecule has 0 saturated carbocycles. The Bertz CT molecular complexity index is 1940. The van der Waals surface area contributed by atoms with Crippen molar-refractivity contribution < 1.29 is 38.0 Å². The van der Waals surface area contributed by atoms with E-state index < -0.39 is 23.5 Å². The minimum atomic E-state index is -1.21. The monoisotopic (exact) mass is 720 g/mol. The molecule has 1 amide bonds. The normalized spacial score (nSPS) is 22.7. The maximum atomic E-state index is 15.7. The van der Waals surface area contributed by atoms with Crippen molar-refractivity contribution in [1.29, 1.82) is 5.53 Å². The minimum Gasteiger partial charge on any atom is -0.478 e. The summed E-state index contributed by atoms with van der Waals surface area (Å²) in [4.78, 5) is 31.7. The molecule has 3 N–H and O–H groups in total. The Kier molecular flexibility index (Phi) is 8.13. The molecule has 8 rings (SSSR count). The Labute approximate surface area is 298 Å².